The molecule has 1 aromatic rings. The van der Waals surface area contributed by atoms with E-state index in [0.29, 0.717) is 0 Å². The Hall–Kier alpha value is -0.113. The molecule has 0 unspecified atom stereocenters. The van der Waals surface area contributed by atoms with Crippen LogP contribution in [0.15, 0.2) is 22.7 Å². The Bertz CT molecular complexity index is 382. The molecular weight excluding hydrogens is 322 g/mol. The van der Waals surface area contributed by atoms with E-state index in [9.17, 15) is 0 Å². The van der Waals surface area contributed by atoms with Crippen molar-refractivity contribution in [3.05, 3.63) is 28.2 Å². The molecule has 1 aromatic carbocycles. The Morgan fingerprint density at radius 3 is 2.57 bits per heavy atom. The van der Waals surface area contributed by atoms with Gasteiger partial charge in [0.2, 0.25) is 0 Å². The summed E-state index contributed by atoms with van der Waals surface area (Å²) in [5.74, 6) is 0. The molecule has 0 saturated heterocycles. The molecule has 0 saturated carbocycles. The zero-order valence-corrected chi connectivity index (χ0v) is 12.3. The molecule has 0 aliphatic carbocycles. The second-order valence-corrected chi connectivity index (χ2v) is 11.0. The number of alkyl halides is 1. The first-order valence-corrected chi connectivity index (χ1v) is 9.39. The lowest BCUT2D eigenvalue weighted by atomic mass is 10.2. The summed E-state index contributed by atoms with van der Waals surface area (Å²) in [6.45, 7) is 4.57. The Morgan fingerprint density at radius 1 is 1.43 bits per heavy atom. The van der Waals surface area contributed by atoms with Crippen LogP contribution in [0.2, 0.25) is 13.1 Å². The molecule has 0 amide bonds. The van der Waals surface area contributed by atoms with Crippen molar-refractivity contribution >= 4 is 45.1 Å². The lowest BCUT2D eigenvalue weighted by Crippen LogP contribution is -2.43. The topological polar surface area (TPSA) is 23.8 Å². The van der Waals surface area contributed by atoms with E-state index in [-0.39, 0.29) is 0 Å². The van der Waals surface area contributed by atoms with Gasteiger partial charge < -0.3 is 0 Å². The van der Waals surface area contributed by atoms with E-state index in [2.05, 4.69) is 57.1 Å². The van der Waals surface area contributed by atoms with Crippen LogP contribution in [-0.2, 0) is 0 Å². The lowest BCUT2D eigenvalue weighted by Gasteiger charge is -2.20. The summed E-state index contributed by atoms with van der Waals surface area (Å²) in [6, 6.07) is 8.26. The largest absolute Gasteiger partial charge is 0.192 e. The van der Waals surface area contributed by atoms with Gasteiger partial charge in [-0.1, -0.05) is 40.3 Å². The number of benzene rings is 1. The van der Waals surface area contributed by atoms with E-state index in [1.807, 2.05) is 12.1 Å². The van der Waals surface area contributed by atoms with Gasteiger partial charge >= 0.3 is 0 Å². The minimum absolute atomic E-state index is 0.726. The molecule has 14 heavy (non-hydrogen) atoms. The maximum absolute atomic E-state index is 8.91. The maximum atomic E-state index is 8.91. The lowest BCUT2D eigenvalue weighted by molar-refractivity contribution is 1.47. The Kier molecular flexibility index (Phi) is 3.93. The Morgan fingerprint density at radius 2 is 2.07 bits per heavy atom. The summed E-state index contributed by atoms with van der Waals surface area (Å²) in [5.41, 5.74) is 0.726. The minimum atomic E-state index is -1.38. The quantitative estimate of drug-likeness (QED) is 0.602. The molecule has 0 atom stereocenters. The smallest absolute Gasteiger partial charge is 0.100 e. The fraction of sp³-hybridized carbons (Fsp3) is 0.300. The number of nitrogens with zero attached hydrogens (tertiary/aromatic N) is 1. The van der Waals surface area contributed by atoms with E-state index < -0.39 is 8.07 Å². The van der Waals surface area contributed by atoms with E-state index in [4.69, 9.17) is 5.26 Å². The highest BCUT2D eigenvalue weighted by molar-refractivity contribution is 9.10. The number of rotatable bonds is 2. The molecule has 0 bridgehead atoms. The van der Waals surface area contributed by atoms with Crippen molar-refractivity contribution in [2.75, 3.05) is 4.95 Å². The summed E-state index contributed by atoms with van der Waals surface area (Å²) in [4.78, 5) is 1.02. The maximum Gasteiger partial charge on any atom is 0.100 e. The number of nitriles is 1. The predicted molar refractivity (Wildman–Crippen MR) is 69.8 cm³/mol. The van der Waals surface area contributed by atoms with Crippen LogP contribution in [-0.4, -0.2) is 13.0 Å². The average Bonchev–Trinajstić information content (AvgIpc) is 2.18. The fourth-order valence-electron chi connectivity index (χ4n) is 1.11. The van der Waals surface area contributed by atoms with Crippen LogP contribution in [0, 0.1) is 11.3 Å². The molecule has 1 rings (SSSR count). The van der Waals surface area contributed by atoms with Gasteiger partial charge in [-0.05, 0) is 28.1 Å². The van der Waals surface area contributed by atoms with Crippen molar-refractivity contribution in [2.45, 2.75) is 13.1 Å². The van der Waals surface area contributed by atoms with Gasteiger partial charge in [0.25, 0.3) is 0 Å². The molecule has 0 spiro atoms. The predicted octanol–water partition coefficient (Wildman–Crippen LogP) is 3.17. The Balaban J connectivity index is 3.21. The van der Waals surface area contributed by atoms with E-state index in [0.717, 1.165) is 15.0 Å². The van der Waals surface area contributed by atoms with Crippen molar-refractivity contribution in [1.29, 1.82) is 5.26 Å². The molecule has 0 aromatic heterocycles. The molecular formula is C10H11Br2NSi. The van der Waals surface area contributed by atoms with Crippen molar-refractivity contribution in [3.8, 4) is 6.07 Å². The van der Waals surface area contributed by atoms with Gasteiger partial charge in [0, 0.05) is 9.43 Å². The first kappa shape index (κ1) is 12.0. The molecule has 4 heteroatoms. The van der Waals surface area contributed by atoms with Crippen LogP contribution in [0.25, 0.3) is 0 Å². The molecule has 0 aliphatic heterocycles. The standard InChI is InChI=1S/C10H11Br2NSi/c1-14(2,7-11)9-3-4-10(12)8(5-9)6-13/h3-5H,7H2,1-2H3. The monoisotopic (exact) mass is 331 g/mol. The van der Waals surface area contributed by atoms with Crippen LogP contribution < -0.4 is 5.19 Å². The summed E-state index contributed by atoms with van der Waals surface area (Å²) in [5, 5.41) is 10.2. The third-order valence-electron chi connectivity index (χ3n) is 2.20. The SMILES string of the molecule is C[Si](C)(CBr)c1ccc(Br)c(C#N)c1. The van der Waals surface area contributed by atoms with Gasteiger partial charge in [-0.3, -0.25) is 0 Å². The van der Waals surface area contributed by atoms with Gasteiger partial charge in [-0.15, -0.1) is 0 Å². The molecule has 1 nitrogen and oxygen atoms in total. The van der Waals surface area contributed by atoms with Gasteiger partial charge in [-0.2, -0.15) is 5.26 Å². The summed E-state index contributed by atoms with van der Waals surface area (Å²) in [7, 11) is -1.38. The zero-order chi connectivity index (χ0) is 10.8. The molecule has 0 N–H and O–H groups in total. The van der Waals surface area contributed by atoms with Crippen molar-refractivity contribution in [2.24, 2.45) is 0 Å². The van der Waals surface area contributed by atoms with Gasteiger partial charge in [-0.25, -0.2) is 0 Å². The second kappa shape index (κ2) is 4.60. The molecule has 0 heterocycles. The van der Waals surface area contributed by atoms with E-state index in [1.165, 1.54) is 5.19 Å². The second-order valence-electron chi connectivity index (χ2n) is 3.82. The first-order chi connectivity index (χ1) is 6.51. The van der Waals surface area contributed by atoms with Crippen LogP contribution in [0.1, 0.15) is 5.56 Å². The summed E-state index contributed by atoms with van der Waals surface area (Å²) in [6.07, 6.45) is 0. The molecule has 74 valence electrons. The van der Waals surface area contributed by atoms with Gasteiger partial charge in [0.15, 0.2) is 0 Å². The third-order valence-corrected chi connectivity index (χ3v) is 9.64. The van der Waals surface area contributed by atoms with E-state index >= 15 is 0 Å². The highest BCUT2D eigenvalue weighted by Gasteiger charge is 2.22. The Labute approximate surface area is 102 Å². The summed E-state index contributed by atoms with van der Waals surface area (Å²) < 4.78 is 0.878. The molecule has 0 aliphatic rings. The molecule has 0 radical (unpaired) electrons. The third kappa shape index (κ3) is 2.47. The number of hydrogen-bond donors (Lipinski definition) is 0. The normalized spacial score (nSPS) is 11.1. The summed E-state index contributed by atoms with van der Waals surface area (Å²) >= 11 is 6.90. The zero-order valence-electron chi connectivity index (χ0n) is 8.14. The number of hydrogen-bond acceptors (Lipinski definition) is 1. The van der Waals surface area contributed by atoms with Crippen LogP contribution in [0.5, 0.6) is 0 Å². The van der Waals surface area contributed by atoms with Crippen LogP contribution in [0.4, 0.5) is 0 Å². The highest BCUT2D eigenvalue weighted by Crippen LogP contribution is 2.16. The van der Waals surface area contributed by atoms with E-state index in [1.54, 1.807) is 0 Å². The van der Waals surface area contributed by atoms with Crippen molar-refractivity contribution < 1.29 is 0 Å². The average molecular weight is 333 g/mol. The minimum Gasteiger partial charge on any atom is -0.192 e. The van der Waals surface area contributed by atoms with Crippen LogP contribution in [0.3, 0.4) is 0 Å². The first-order valence-electron chi connectivity index (χ1n) is 4.27. The van der Waals surface area contributed by atoms with Gasteiger partial charge in [0.05, 0.1) is 13.6 Å². The van der Waals surface area contributed by atoms with Crippen molar-refractivity contribution in [1.82, 2.24) is 0 Å². The van der Waals surface area contributed by atoms with Crippen LogP contribution >= 0.6 is 31.9 Å². The van der Waals surface area contributed by atoms with Crippen molar-refractivity contribution in [3.63, 3.8) is 0 Å². The number of halogens is 2. The fourth-order valence-corrected chi connectivity index (χ4v) is 3.64. The molecule has 0 fully saturated rings. The highest BCUT2D eigenvalue weighted by atomic mass is 79.9. The van der Waals surface area contributed by atoms with Gasteiger partial charge in [0.1, 0.15) is 6.07 Å².